The Hall–Kier alpha value is -1.52. The van der Waals surface area contributed by atoms with Crippen LogP contribution in [0.25, 0.3) is 0 Å². The number of nitrogens with zero attached hydrogens (tertiary/aromatic N) is 6. The van der Waals surface area contributed by atoms with E-state index in [0.717, 1.165) is 35.5 Å². The molecule has 0 N–H and O–H groups in total. The van der Waals surface area contributed by atoms with Crippen LogP contribution in [0, 0.1) is 13.8 Å². The molecule has 0 bridgehead atoms. The Kier molecular flexibility index (Phi) is 5.23. The zero-order valence-electron chi connectivity index (χ0n) is 13.1. The van der Waals surface area contributed by atoms with Gasteiger partial charge in [0.05, 0.1) is 12.3 Å². The molecule has 0 aliphatic carbocycles. The fourth-order valence-corrected chi connectivity index (χ4v) is 4.03. The first-order valence-electron chi connectivity index (χ1n) is 7.32. The number of rotatable bonds is 5. The average Bonchev–Trinajstić information content (AvgIpc) is 3.14. The van der Waals surface area contributed by atoms with Gasteiger partial charge in [0.25, 0.3) is 0 Å². The van der Waals surface area contributed by atoms with Crippen molar-refractivity contribution in [1.29, 1.82) is 0 Å². The molecule has 8 nitrogen and oxygen atoms in total. The second-order valence-electron chi connectivity index (χ2n) is 5.26. The van der Waals surface area contributed by atoms with Gasteiger partial charge < -0.3 is 9.42 Å². The Morgan fingerprint density at radius 2 is 2.04 bits per heavy atom. The smallest absolute Gasteiger partial charge is 0.233 e. The zero-order valence-corrected chi connectivity index (χ0v) is 14.7. The molecule has 0 aromatic carbocycles. The minimum absolute atomic E-state index is 0.151. The van der Waals surface area contributed by atoms with E-state index in [0.29, 0.717) is 24.0 Å². The molecule has 0 unspecified atom stereocenters. The molecule has 3 rings (SSSR count). The highest BCUT2D eigenvalue weighted by molar-refractivity contribution is 8.01. The highest BCUT2D eigenvalue weighted by Gasteiger charge is 2.22. The third-order valence-electron chi connectivity index (χ3n) is 3.49. The molecular formula is C13H18N6O2S2. The highest BCUT2D eigenvalue weighted by atomic mass is 32.2. The Labute approximate surface area is 142 Å². The predicted molar refractivity (Wildman–Crippen MR) is 86.3 cm³/mol. The lowest BCUT2D eigenvalue weighted by Crippen LogP contribution is -2.48. The molecule has 1 aliphatic rings. The Morgan fingerprint density at radius 3 is 2.65 bits per heavy atom. The first kappa shape index (κ1) is 16.3. The van der Waals surface area contributed by atoms with Crippen molar-refractivity contribution >= 4 is 29.0 Å². The average molecular weight is 354 g/mol. The van der Waals surface area contributed by atoms with E-state index in [1.165, 1.54) is 23.1 Å². The standard InChI is InChI=1S/C13H18N6O2S2/c1-9-14-11(17-21-9)7-18-3-5-19(6-4-18)12(20)8-22-13-16-15-10(2)23-13/h3-8H2,1-2H3. The third-order valence-corrected chi connectivity index (χ3v) is 5.44. The molecule has 0 spiro atoms. The topological polar surface area (TPSA) is 88.3 Å². The van der Waals surface area contributed by atoms with Gasteiger partial charge in [-0.1, -0.05) is 28.3 Å². The Morgan fingerprint density at radius 1 is 1.26 bits per heavy atom. The van der Waals surface area contributed by atoms with Gasteiger partial charge in [-0.05, 0) is 6.92 Å². The minimum atomic E-state index is 0.151. The lowest BCUT2D eigenvalue weighted by molar-refractivity contribution is -0.130. The fourth-order valence-electron chi connectivity index (χ4n) is 2.31. The number of aromatic nitrogens is 4. The largest absolute Gasteiger partial charge is 0.340 e. The van der Waals surface area contributed by atoms with Gasteiger partial charge in [-0.3, -0.25) is 9.69 Å². The van der Waals surface area contributed by atoms with Crippen LogP contribution < -0.4 is 0 Å². The Balaban J connectivity index is 1.42. The molecular weight excluding hydrogens is 336 g/mol. The van der Waals surface area contributed by atoms with Crippen molar-refractivity contribution in [1.82, 2.24) is 30.1 Å². The molecule has 23 heavy (non-hydrogen) atoms. The summed E-state index contributed by atoms with van der Waals surface area (Å²) in [6.07, 6.45) is 0. The molecule has 2 aromatic rings. The molecule has 0 radical (unpaired) electrons. The lowest BCUT2D eigenvalue weighted by atomic mass is 10.3. The zero-order chi connectivity index (χ0) is 16.2. The molecule has 0 atom stereocenters. The second-order valence-corrected chi connectivity index (χ2v) is 7.67. The summed E-state index contributed by atoms with van der Waals surface area (Å²) in [5.41, 5.74) is 0. The van der Waals surface area contributed by atoms with Crippen molar-refractivity contribution in [3.8, 4) is 0 Å². The van der Waals surface area contributed by atoms with E-state index in [9.17, 15) is 4.79 Å². The molecule has 2 aromatic heterocycles. The summed E-state index contributed by atoms with van der Waals surface area (Å²) < 4.78 is 5.83. The van der Waals surface area contributed by atoms with Crippen LogP contribution in [0.1, 0.15) is 16.7 Å². The summed E-state index contributed by atoms with van der Waals surface area (Å²) in [7, 11) is 0. The summed E-state index contributed by atoms with van der Waals surface area (Å²) in [5, 5.41) is 12.8. The van der Waals surface area contributed by atoms with Crippen LogP contribution in [0.3, 0.4) is 0 Å². The molecule has 1 aliphatic heterocycles. The molecule has 1 fully saturated rings. The van der Waals surface area contributed by atoms with Crippen LogP contribution in [0.15, 0.2) is 8.86 Å². The summed E-state index contributed by atoms with van der Waals surface area (Å²) in [6, 6.07) is 0. The van der Waals surface area contributed by atoms with Crippen LogP contribution >= 0.6 is 23.1 Å². The molecule has 0 saturated carbocycles. The number of piperazine rings is 1. The van der Waals surface area contributed by atoms with Gasteiger partial charge in [-0.25, -0.2) is 0 Å². The van der Waals surface area contributed by atoms with Gasteiger partial charge in [0, 0.05) is 33.1 Å². The second kappa shape index (κ2) is 7.37. The maximum atomic E-state index is 12.2. The van der Waals surface area contributed by atoms with E-state index in [1.807, 2.05) is 11.8 Å². The molecule has 1 amide bonds. The van der Waals surface area contributed by atoms with E-state index < -0.39 is 0 Å². The SMILES string of the molecule is Cc1nc(CN2CCN(C(=O)CSc3nnc(C)s3)CC2)no1. The number of hydrogen-bond donors (Lipinski definition) is 0. The van der Waals surface area contributed by atoms with Crippen molar-refractivity contribution in [2.24, 2.45) is 0 Å². The molecule has 1 saturated heterocycles. The number of thioether (sulfide) groups is 1. The predicted octanol–water partition coefficient (Wildman–Crippen LogP) is 0.974. The number of amides is 1. The van der Waals surface area contributed by atoms with Crippen LogP contribution in [0.4, 0.5) is 0 Å². The molecule has 3 heterocycles. The van der Waals surface area contributed by atoms with Crippen LogP contribution in [0.5, 0.6) is 0 Å². The fraction of sp³-hybridized carbons (Fsp3) is 0.615. The van der Waals surface area contributed by atoms with Crippen molar-refractivity contribution in [2.75, 3.05) is 31.9 Å². The molecule has 10 heteroatoms. The maximum Gasteiger partial charge on any atom is 0.233 e. The van der Waals surface area contributed by atoms with E-state index in [2.05, 4.69) is 25.2 Å². The first-order valence-corrected chi connectivity index (χ1v) is 9.12. The van der Waals surface area contributed by atoms with Gasteiger partial charge in [0.2, 0.25) is 11.8 Å². The van der Waals surface area contributed by atoms with Crippen LogP contribution in [-0.4, -0.2) is 68.0 Å². The van der Waals surface area contributed by atoms with Gasteiger partial charge in [-0.2, -0.15) is 4.98 Å². The van der Waals surface area contributed by atoms with Crippen molar-refractivity contribution in [2.45, 2.75) is 24.7 Å². The van der Waals surface area contributed by atoms with Crippen LogP contribution in [0.2, 0.25) is 0 Å². The normalized spacial score (nSPS) is 16.0. The third kappa shape index (κ3) is 4.49. The number of carbonyl (C=O) groups is 1. The summed E-state index contributed by atoms with van der Waals surface area (Å²) in [4.78, 5) is 20.6. The molecule has 124 valence electrons. The van der Waals surface area contributed by atoms with E-state index >= 15 is 0 Å². The van der Waals surface area contributed by atoms with E-state index in [-0.39, 0.29) is 5.91 Å². The number of aryl methyl sites for hydroxylation is 2. The number of carbonyl (C=O) groups excluding carboxylic acids is 1. The lowest BCUT2D eigenvalue weighted by Gasteiger charge is -2.34. The van der Waals surface area contributed by atoms with Gasteiger partial charge >= 0.3 is 0 Å². The Bertz CT molecular complexity index is 665. The van der Waals surface area contributed by atoms with Gasteiger partial charge in [-0.15, -0.1) is 10.2 Å². The maximum absolute atomic E-state index is 12.2. The summed E-state index contributed by atoms with van der Waals surface area (Å²) in [6.45, 7) is 7.46. The first-order chi connectivity index (χ1) is 11.1. The minimum Gasteiger partial charge on any atom is -0.340 e. The van der Waals surface area contributed by atoms with Gasteiger partial charge in [0.1, 0.15) is 5.01 Å². The summed E-state index contributed by atoms with van der Waals surface area (Å²) >= 11 is 2.98. The van der Waals surface area contributed by atoms with Crippen molar-refractivity contribution in [3.63, 3.8) is 0 Å². The highest BCUT2D eigenvalue weighted by Crippen LogP contribution is 2.22. The van der Waals surface area contributed by atoms with E-state index in [4.69, 9.17) is 4.52 Å². The monoisotopic (exact) mass is 354 g/mol. The number of hydrogen-bond acceptors (Lipinski definition) is 9. The van der Waals surface area contributed by atoms with Gasteiger partial charge in [0.15, 0.2) is 10.2 Å². The van der Waals surface area contributed by atoms with Crippen molar-refractivity contribution in [3.05, 3.63) is 16.7 Å². The summed E-state index contributed by atoms with van der Waals surface area (Å²) in [5.74, 6) is 1.85. The quantitative estimate of drug-likeness (QED) is 0.734. The van der Waals surface area contributed by atoms with Crippen LogP contribution in [-0.2, 0) is 11.3 Å². The van der Waals surface area contributed by atoms with Crippen molar-refractivity contribution < 1.29 is 9.32 Å². The van der Waals surface area contributed by atoms with E-state index in [1.54, 1.807) is 6.92 Å².